The second-order valence-electron chi connectivity index (χ2n) is 2.50. The molecule has 1 saturated heterocycles. The molecular weight excluding hydrogens is 102 g/mol. The largest absolute Gasteiger partial charge is 0.350 e. The summed E-state index contributed by atoms with van der Waals surface area (Å²) in [6.07, 6.45) is 3.56. The van der Waals surface area contributed by atoms with Gasteiger partial charge in [0.25, 0.3) is 0 Å². The molecule has 2 atom stereocenters. The molecule has 0 radical (unpaired) electrons. The van der Waals surface area contributed by atoms with Crippen LogP contribution >= 0.6 is 0 Å². The van der Waals surface area contributed by atoms with Crippen LogP contribution in [0.3, 0.4) is 0 Å². The first-order valence-corrected chi connectivity index (χ1v) is 2.96. The molecule has 1 aliphatic heterocycles. The Bertz CT molecular complexity index is 160. The molecule has 2 aliphatic rings. The molecule has 0 spiro atoms. The predicted octanol–water partition coefficient (Wildman–Crippen LogP) is 0.831. The van der Waals surface area contributed by atoms with E-state index in [-0.39, 0.29) is 5.60 Å². The average molecular weight is 109 g/mol. The standard InChI is InChI=1S/C6H7NO/c7-4-6-3-1-2-5(6)8-6/h5H,1-3H2. The van der Waals surface area contributed by atoms with Gasteiger partial charge < -0.3 is 4.74 Å². The van der Waals surface area contributed by atoms with Gasteiger partial charge in [-0.25, -0.2) is 0 Å². The van der Waals surface area contributed by atoms with E-state index in [1.165, 1.54) is 6.42 Å². The Hall–Kier alpha value is -0.550. The van der Waals surface area contributed by atoms with E-state index in [0.29, 0.717) is 6.10 Å². The van der Waals surface area contributed by atoms with Crippen LogP contribution in [0, 0.1) is 11.3 Å². The monoisotopic (exact) mass is 109 g/mol. The van der Waals surface area contributed by atoms with E-state index in [4.69, 9.17) is 10.00 Å². The highest BCUT2D eigenvalue weighted by Gasteiger charge is 2.60. The van der Waals surface area contributed by atoms with Gasteiger partial charge in [-0.2, -0.15) is 5.26 Å². The second-order valence-corrected chi connectivity index (χ2v) is 2.50. The van der Waals surface area contributed by atoms with Crippen molar-refractivity contribution in [1.82, 2.24) is 0 Å². The molecule has 0 amide bonds. The average Bonchev–Trinajstić information content (AvgIpc) is 2.38. The zero-order valence-corrected chi connectivity index (χ0v) is 4.55. The van der Waals surface area contributed by atoms with Gasteiger partial charge in [0.05, 0.1) is 0 Å². The van der Waals surface area contributed by atoms with Crippen LogP contribution in [0.25, 0.3) is 0 Å². The molecule has 0 aromatic heterocycles. The third kappa shape index (κ3) is 0.317. The Morgan fingerprint density at radius 2 is 2.62 bits per heavy atom. The molecule has 0 bridgehead atoms. The first-order chi connectivity index (χ1) is 3.87. The normalized spacial score (nSPS) is 50.1. The topological polar surface area (TPSA) is 36.3 Å². The van der Waals surface area contributed by atoms with Crippen LogP contribution in [0.15, 0.2) is 0 Å². The van der Waals surface area contributed by atoms with E-state index in [1.54, 1.807) is 0 Å². The lowest BCUT2D eigenvalue weighted by atomic mass is 10.1. The first-order valence-electron chi connectivity index (χ1n) is 2.96. The van der Waals surface area contributed by atoms with Gasteiger partial charge in [-0.1, -0.05) is 0 Å². The molecule has 0 aromatic rings. The number of ether oxygens (including phenoxy) is 1. The summed E-state index contributed by atoms with van der Waals surface area (Å²) in [4.78, 5) is 0. The predicted molar refractivity (Wildman–Crippen MR) is 27.1 cm³/mol. The molecule has 2 fully saturated rings. The maximum atomic E-state index is 8.49. The molecule has 42 valence electrons. The van der Waals surface area contributed by atoms with Crippen molar-refractivity contribution < 1.29 is 4.74 Å². The maximum Gasteiger partial charge on any atom is 0.180 e. The highest BCUT2D eigenvalue weighted by atomic mass is 16.6. The van der Waals surface area contributed by atoms with Crippen molar-refractivity contribution in [2.75, 3.05) is 0 Å². The molecule has 2 unspecified atom stereocenters. The van der Waals surface area contributed by atoms with Crippen LogP contribution in [-0.2, 0) is 4.74 Å². The van der Waals surface area contributed by atoms with E-state index in [2.05, 4.69) is 6.07 Å². The van der Waals surface area contributed by atoms with Crippen LogP contribution < -0.4 is 0 Å². The zero-order valence-electron chi connectivity index (χ0n) is 4.55. The van der Waals surface area contributed by atoms with Gasteiger partial charge in [0.1, 0.15) is 12.2 Å². The minimum absolute atomic E-state index is 0.292. The maximum absolute atomic E-state index is 8.49. The van der Waals surface area contributed by atoms with E-state index < -0.39 is 0 Å². The van der Waals surface area contributed by atoms with Gasteiger partial charge in [0.15, 0.2) is 5.60 Å². The SMILES string of the molecule is N#CC12CCCC1O2. The van der Waals surface area contributed by atoms with Crippen LogP contribution in [0.2, 0.25) is 0 Å². The summed E-state index contributed by atoms with van der Waals surface area (Å²) < 4.78 is 5.13. The van der Waals surface area contributed by atoms with Crippen molar-refractivity contribution in [3.63, 3.8) is 0 Å². The van der Waals surface area contributed by atoms with Gasteiger partial charge in [0, 0.05) is 0 Å². The van der Waals surface area contributed by atoms with E-state index in [9.17, 15) is 0 Å². The Balaban J connectivity index is 2.22. The number of nitrogens with zero attached hydrogens (tertiary/aromatic N) is 1. The summed E-state index contributed by atoms with van der Waals surface area (Å²) in [6.45, 7) is 0. The Kier molecular flexibility index (Phi) is 0.575. The van der Waals surface area contributed by atoms with Gasteiger partial charge >= 0.3 is 0 Å². The summed E-state index contributed by atoms with van der Waals surface area (Å²) >= 11 is 0. The number of hydrogen-bond acceptors (Lipinski definition) is 2. The van der Waals surface area contributed by atoms with Gasteiger partial charge in [0.2, 0.25) is 0 Å². The van der Waals surface area contributed by atoms with Crippen molar-refractivity contribution in [2.24, 2.45) is 0 Å². The molecule has 2 heteroatoms. The molecular formula is C6H7NO. The number of rotatable bonds is 0. The molecule has 8 heavy (non-hydrogen) atoms. The summed E-state index contributed by atoms with van der Waals surface area (Å²) in [7, 11) is 0. The first kappa shape index (κ1) is 4.34. The fraction of sp³-hybridized carbons (Fsp3) is 0.833. The van der Waals surface area contributed by atoms with Crippen LogP contribution in [0.1, 0.15) is 19.3 Å². The van der Waals surface area contributed by atoms with Crippen molar-refractivity contribution >= 4 is 0 Å². The highest BCUT2D eigenvalue weighted by Crippen LogP contribution is 2.49. The molecule has 1 heterocycles. The zero-order chi connectivity index (χ0) is 5.61. The summed E-state index contributed by atoms with van der Waals surface area (Å²) in [5.41, 5.74) is -0.292. The number of epoxide rings is 1. The van der Waals surface area contributed by atoms with E-state index in [1.807, 2.05) is 0 Å². The molecule has 0 aromatic carbocycles. The van der Waals surface area contributed by atoms with Crippen LogP contribution in [0.5, 0.6) is 0 Å². The number of hydrogen-bond donors (Lipinski definition) is 0. The van der Waals surface area contributed by atoms with Gasteiger partial charge in [-0.15, -0.1) is 0 Å². The quantitative estimate of drug-likeness (QED) is 0.432. The minimum atomic E-state index is -0.292. The summed E-state index contributed by atoms with van der Waals surface area (Å²) in [5, 5.41) is 8.49. The van der Waals surface area contributed by atoms with Crippen molar-refractivity contribution in [2.45, 2.75) is 31.0 Å². The Morgan fingerprint density at radius 1 is 1.75 bits per heavy atom. The molecule has 2 nitrogen and oxygen atoms in total. The van der Waals surface area contributed by atoms with E-state index >= 15 is 0 Å². The molecule has 2 rings (SSSR count). The molecule has 1 saturated carbocycles. The smallest absolute Gasteiger partial charge is 0.180 e. The Labute approximate surface area is 48.1 Å². The Morgan fingerprint density at radius 3 is 2.88 bits per heavy atom. The fourth-order valence-corrected chi connectivity index (χ4v) is 1.44. The minimum Gasteiger partial charge on any atom is -0.350 e. The van der Waals surface area contributed by atoms with Gasteiger partial charge in [-0.3, -0.25) is 0 Å². The fourth-order valence-electron chi connectivity index (χ4n) is 1.44. The lowest BCUT2D eigenvalue weighted by molar-refractivity contribution is 0.288. The van der Waals surface area contributed by atoms with Crippen LogP contribution in [0.4, 0.5) is 0 Å². The highest BCUT2D eigenvalue weighted by molar-refractivity contribution is 5.20. The van der Waals surface area contributed by atoms with Crippen molar-refractivity contribution in [3.8, 4) is 6.07 Å². The van der Waals surface area contributed by atoms with Crippen LogP contribution in [-0.4, -0.2) is 11.7 Å². The van der Waals surface area contributed by atoms with E-state index in [0.717, 1.165) is 12.8 Å². The number of fused-ring (bicyclic) bond motifs is 1. The molecule has 1 aliphatic carbocycles. The third-order valence-corrected chi connectivity index (χ3v) is 2.02. The lowest BCUT2D eigenvalue weighted by Crippen LogP contribution is -2.03. The lowest BCUT2D eigenvalue weighted by Gasteiger charge is -1.90. The van der Waals surface area contributed by atoms with Gasteiger partial charge in [-0.05, 0) is 19.3 Å². The van der Waals surface area contributed by atoms with Crippen molar-refractivity contribution in [3.05, 3.63) is 0 Å². The third-order valence-electron chi connectivity index (χ3n) is 2.02. The summed E-state index contributed by atoms with van der Waals surface area (Å²) in [5.74, 6) is 0. The number of nitriles is 1. The van der Waals surface area contributed by atoms with Crippen molar-refractivity contribution in [1.29, 1.82) is 5.26 Å². The second kappa shape index (κ2) is 1.06. The molecule has 0 N–H and O–H groups in total. The summed E-state index contributed by atoms with van der Waals surface area (Å²) in [6, 6.07) is 2.19.